The molecule has 1 aromatic rings. The fourth-order valence-electron chi connectivity index (χ4n) is 1.89. The van der Waals surface area contributed by atoms with Crippen molar-refractivity contribution in [3.63, 3.8) is 0 Å². The molecule has 0 bridgehead atoms. The van der Waals surface area contributed by atoms with Gasteiger partial charge >= 0.3 is 12.2 Å². The summed E-state index contributed by atoms with van der Waals surface area (Å²) >= 11 is 0. The van der Waals surface area contributed by atoms with Gasteiger partial charge in [-0.3, -0.25) is 0 Å². The van der Waals surface area contributed by atoms with E-state index in [4.69, 9.17) is 5.11 Å². The van der Waals surface area contributed by atoms with Crippen molar-refractivity contribution in [1.82, 2.24) is 10.6 Å². The van der Waals surface area contributed by atoms with Crippen molar-refractivity contribution in [2.24, 2.45) is 0 Å². The average Bonchev–Trinajstić information content (AvgIpc) is 2.45. The maximum atomic E-state index is 12.4. The first-order valence-electron chi connectivity index (χ1n) is 7.03. The van der Waals surface area contributed by atoms with Gasteiger partial charge in [-0.05, 0) is 37.5 Å². The number of aliphatic hydroxyl groups excluding tert-OH is 1. The molecule has 22 heavy (non-hydrogen) atoms. The Morgan fingerprint density at radius 1 is 1.23 bits per heavy atom. The van der Waals surface area contributed by atoms with E-state index in [0.717, 1.165) is 12.1 Å². The van der Waals surface area contributed by atoms with Gasteiger partial charge in [-0.15, -0.1) is 0 Å². The number of rotatable bonds is 6. The summed E-state index contributed by atoms with van der Waals surface area (Å²) in [4.78, 5) is 11.8. The van der Waals surface area contributed by atoms with E-state index in [0.29, 0.717) is 18.4 Å². The van der Waals surface area contributed by atoms with Crippen LogP contribution in [-0.4, -0.2) is 23.3 Å². The van der Waals surface area contributed by atoms with E-state index in [2.05, 4.69) is 10.6 Å². The quantitative estimate of drug-likeness (QED) is 0.755. The summed E-state index contributed by atoms with van der Waals surface area (Å²) in [6, 6.07) is 4.21. The van der Waals surface area contributed by atoms with E-state index in [1.807, 2.05) is 13.8 Å². The third kappa shape index (κ3) is 5.55. The second kappa shape index (κ2) is 7.49. The smallest absolute Gasteiger partial charge is 0.396 e. The minimum atomic E-state index is -4.36. The predicted octanol–water partition coefficient (Wildman–Crippen LogP) is 3.06. The highest BCUT2D eigenvalue weighted by molar-refractivity contribution is 5.74. The topological polar surface area (TPSA) is 61.4 Å². The predicted molar refractivity (Wildman–Crippen MR) is 77.2 cm³/mol. The molecule has 7 heteroatoms. The largest absolute Gasteiger partial charge is 0.416 e. The summed E-state index contributed by atoms with van der Waals surface area (Å²) in [7, 11) is 0. The molecule has 0 aliphatic heterocycles. The lowest BCUT2D eigenvalue weighted by Gasteiger charge is -2.29. The Kier molecular flexibility index (Phi) is 6.22. The molecule has 0 saturated carbocycles. The van der Waals surface area contributed by atoms with Crippen molar-refractivity contribution in [1.29, 1.82) is 0 Å². The summed E-state index contributed by atoms with van der Waals surface area (Å²) in [6.45, 7) is 3.80. The zero-order valence-corrected chi connectivity index (χ0v) is 12.6. The number of nitrogens with one attached hydrogen (secondary N) is 2. The molecule has 0 spiro atoms. The first-order valence-corrected chi connectivity index (χ1v) is 7.03. The lowest BCUT2D eigenvalue weighted by molar-refractivity contribution is -0.137. The van der Waals surface area contributed by atoms with Crippen molar-refractivity contribution in [3.8, 4) is 0 Å². The maximum absolute atomic E-state index is 12.4. The van der Waals surface area contributed by atoms with Crippen molar-refractivity contribution >= 4 is 6.03 Å². The zero-order chi connectivity index (χ0) is 16.8. The van der Waals surface area contributed by atoms with Gasteiger partial charge in [0.05, 0.1) is 5.56 Å². The number of alkyl halides is 3. The van der Waals surface area contributed by atoms with Crippen LogP contribution in [0.25, 0.3) is 0 Å². The molecule has 1 aromatic carbocycles. The molecule has 0 saturated heterocycles. The summed E-state index contributed by atoms with van der Waals surface area (Å²) in [5.74, 6) is 0. The SMILES string of the molecule is CCC(C)(CCO)NC(=O)NCc1ccc(C(F)(F)F)cc1. The van der Waals surface area contributed by atoms with Gasteiger partial charge in [0, 0.05) is 18.7 Å². The molecule has 0 aliphatic carbocycles. The van der Waals surface area contributed by atoms with Crippen LogP contribution >= 0.6 is 0 Å². The Labute approximate surface area is 127 Å². The zero-order valence-electron chi connectivity index (χ0n) is 12.6. The van der Waals surface area contributed by atoms with E-state index in [1.54, 1.807) is 0 Å². The molecular weight excluding hydrogens is 297 g/mol. The number of benzene rings is 1. The maximum Gasteiger partial charge on any atom is 0.416 e. The van der Waals surface area contributed by atoms with Crippen LogP contribution in [0, 0.1) is 0 Å². The first-order chi connectivity index (χ1) is 10.2. The van der Waals surface area contributed by atoms with Gasteiger partial charge in [-0.2, -0.15) is 13.2 Å². The van der Waals surface area contributed by atoms with Crippen LogP contribution in [0.2, 0.25) is 0 Å². The highest BCUT2D eigenvalue weighted by Gasteiger charge is 2.30. The van der Waals surface area contributed by atoms with Crippen molar-refractivity contribution in [3.05, 3.63) is 35.4 Å². The Morgan fingerprint density at radius 2 is 1.82 bits per heavy atom. The number of halogens is 3. The van der Waals surface area contributed by atoms with Gasteiger partial charge in [0.15, 0.2) is 0 Å². The average molecular weight is 318 g/mol. The Morgan fingerprint density at radius 3 is 2.27 bits per heavy atom. The summed E-state index contributed by atoms with van der Waals surface area (Å²) in [5.41, 5.74) is -0.662. The number of aliphatic hydroxyl groups is 1. The number of hydrogen-bond donors (Lipinski definition) is 3. The molecule has 0 heterocycles. The van der Waals surface area contributed by atoms with Crippen molar-refractivity contribution < 1.29 is 23.1 Å². The third-order valence-electron chi connectivity index (χ3n) is 3.59. The minimum Gasteiger partial charge on any atom is -0.396 e. The van der Waals surface area contributed by atoms with E-state index in [1.165, 1.54) is 12.1 Å². The lowest BCUT2D eigenvalue weighted by Crippen LogP contribution is -2.50. The molecule has 1 rings (SSSR count). The third-order valence-corrected chi connectivity index (χ3v) is 3.59. The molecule has 124 valence electrons. The summed E-state index contributed by atoms with van der Waals surface area (Å²) in [6.07, 6.45) is -3.28. The number of carbonyl (C=O) groups excluding carboxylic acids is 1. The summed E-state index contributed by atoms with van der Waals surface area (Å²) < 4.78 is 37.3. The van der Waals surface area contributed by atoms with E-state index in [9.17, 15) is 18.0 Å². The van der Waals surface area contributed by atoms with Crippen LogP contribution in [0.15, 0.2) is 24.3 Å². The number of urea groups is 1. The van der Waals surface area contributed by atoms with Gasteiger partial charge in [-0.25, -0.2) is 4.79 Å². The first kappa shape index (κ1) is 18.3. The van der Waals surface area contributed by atoms with Gasteiger partial charge in [-0.1, -0.05) is 19.1 Å². The van der Waals surface area contributed by atoms with Crippen molar-refractivity contribution in [2.45, 2.75) is 44.9 Å². The minimum absolute atomic E-state index is 0.0382. The van der Waals surface area contributed by atoms with Crippen LogP contribution in [0.1, 0.15) is 37.8 Å². The molecule has 0 radical (unpaired) electrons. The van der Waals surface area contributed by atoms with E-state index < -0.39 is 23.3 Å². The number of carbonyl (C=O) groups is 1. The Hall–Kier alpha value is -1.76. The second-order valence-electron chi connectivity index (χ2n) is 5.39. The fourth-order valence-corrected chi connectivity index (χ4v) is 1.89. The number of amides is 2. The molecule has 1 unspecified atom stereocenters. The highest BCUT2D eigenvalue weighted by Crippen LogP contribution is 2.29. The van der Waals surface area contributed by atoms with Crippen LogP contribution < -0.4 is 10.6 Å². The Bertz CT molecular complexity index is 489. The van der Waals surface area contributed by atoms with Gasteiger partial charge in [0.25, 0.3) is 0 Å². The highest BCUT2D eigenvalue weighted by atomic mass is 19.4. The molecule has 3 N–H and O–H groups in total. The monoisotopic (exact) mass is 318 g/mol. The molecule has 0 fully saturated rings. The second-order valence-corrected chi connectivity index (χ2v) is 5.39. The van der Waals surface area contributed by atoms with Crippen LogP contribution in [0.4, 0.5) is 18.0 Å². The molecule has 0 aliphatic rings. The van der Waals surface area contributed by atoms with Crippen LogP contribution in [0.3, 0.4) is 0 Å². The number of hydrogen-bond acceptors (Lipinski definition) is 2. The van der Waals surface area contributed by atoms with Gasteiger partial charge < -0.3 is 15.7 Å². The van der Waals surface area contributed by atoms with Crippen molar-refractivity contribution in [2.75, 3.05) is 6.61 Å². The molecule has 2 amide bonds. The van der Waals surface area contributed by atoms with E-state index in [-0.39, 0.29) is 13.2 Å². The van der Waals surface area contributed by atoms with E-state index >= 15 is 0 Å². The normalized spacial score (nSPS) is 14.3. The molecule has 1 atom stereocenters. The van der Waals surface area contributed by atoms with Gasteiger partial charge in [0.1, 0.15) is 0 Å². The Balaban J connectivity index is 2.54. The summed E-state index contributed by atoms with van der Waals surface area (Å²) in [5, 5.41) is 14.3. The fraction of sp³-hybridized carbons (Fsp3) is 0.533. The van der Waals surface area contributed by atoms with Crippen LogP contribution in [-0.2, 0) is 12.7 Å². The molecule has 0 aromatic heterocycles. The molecule has 4 nitrogen and oxygen atoms in total. The lowest BCUT2D eigenvalue weighted by atomic mass is 9.95. The standard InChI is InChI=1S/C15H21F3N2O2/c1-3-14(2,8-9-21)20-13(22)19-10-11-4-6-12(7-5-11)15(16,17)18/h4-7,21H,3,8-10H2,1-2H3,(H2,19,20,22). The van der Waals surface area contributed by atoms with Crippen LogP contribution in [0.5, 0.6) is 0 Å². The van der Waals surface area contributed by atoms with Gasteiger partial charge in [0.2, 0.25) is 0 Å². The molecular formula is C15H21F3N2O2.